The number of methoxy groups -OCH3 is 1. The van der Waals surface area contributed by atoms with Crippen molar-refractivity contribution in [2.24, 2.45) is 0 Å². The van der Waals surface area contributed by atoms with Crippen LogP contribution in [0.5, 0.6) is 5.75 Å². The molecule has 0 aliphatic carbocycles. The van der Waals surface area contributed by atoms with Gasteiger partial charge in [0.25, 0.3) is 5.56 Å². The number of hydrogen-bond acceptors (Lipinski definition) is 4. The molecule has 0 saturated heterocycles. The van der Waals surface area contributed by atoms with Crippen LogP contribution in [-0.4, -0.2) is 34.5 Å². The number of benzene rings is 2. The number of amides is 1. The number of nitrogens with zero attached hydrogens (tertiary/aromatic N) is 3. The molecule has 146 valence electrons. The van der Waals surface area contributed by atoms with E-state index in [2.05, 4.69) is 4.98 Å². The van der Waals surface area contributed by atoms with Crippen molar-refractivity contribution in [1.82, 2.24) is 14.5 Å². The van der Waals surface area contributed by atoms with Gasteiger partial charge < -0.3 is 9.64 Å². The fourth-order valence-electron chi connectivity index (χ4n) is 3.12. The summed E-state index contributed by atoms with van der Waals surface area (Å²) in [6, 6.07) is 10.8. The Morgan fingerprint density at radius 2 is 2.07 bits per heavy atom. The Balaban J connectivity index is 1.70. The molecule has 0 saturated carbocycles. The van der Waals surface area contributed by atoms with Crippen molar-refractivity contribution in [2.75, 3.05) is 14.2 Å². The molecule has 0 radical (unpaired) electrons. The quantitative estimate of drug-likeness (QED) is 0.637. The molecule has 28 heavy (non-hydrogen) atoms. The number of para-hydroxylation sites is 1. The second-order valence-corrected chi connectivity index (χ2v) is 7.11. The highest BCUT2D eigenvalue weighted by Gasteiger charge is 2.14. The van der Waals surface area contributed by atoms with Gasteiger partial charge in [-0.1, -0.05) is 23.7 Å². The van der Waals surface area contributed by atoms with Crippen LogP contribution in [0.3, 0.4) is 0 Å². The first-order valence-corrected chi connectivity index (χ1v) is 9.29. The summed E-state index contributed by atoms with van der Waals surface area (Å²) < 4.78 is 6.81. The third-order valence-electron chi connectivity index (χ3n) is 4.70. The van der Waals surface area contributed by atoms with Crippen molar-refractivity contribution in [1.29, 1.82) is 0 Å². The van der Waals surface area contributed by atoms with Gasteiger partial charge in [0, 0.05) is 37.1 Å². The molecular weight excluding hydrogens is 378 g/mol. The molecule has 0 atom stereocenters. The summed E-state index contributed by atoms with van der Waals surface area (Å²) in [6.07, 6.45) is 1.70. The molecule has 2 aromatic carbocycles. The Morgan fingerprint density at radius 3 is 2.82 bits per heavy atom. The van der Waals surface area contributed by atoms with E-state index >= 15 is 0 Å². The van der Waals surface area contributed by atoms with Gasteiger partial charge in [-0.2, -0.15) is 0 Å². The lowest BCUT2D eigenvalue weighted by atomic mass is 10.1. The van der Waals surface area contributed by atoms with Crippen LogP contribution in [0, 0.1) is 6.92 Å². The Hall–Kier alpha value is -2.86. The van der Waals surface area contributed by atoms with Gasteiger partial charge in [-0.25, -0.2) is 4.98 Å². The van der Waals surface area contributed by atoms with Gasteiger partial charge in [-0.05, 0) is 36.8 Å². The van der Waals surface area contributed by atoms with E-state index in [0.29, 0.717) is 28.2 Å². The van der Waals surface area contributed by atoms with Crippen molar-refractivity contribution in [3.63, 3.8) is 0 Å². The second kappa shape index (κ2) is 8.44. The maximum absolute atomic E-state index is 12.6. The van der Waals surface area contributed by atoms with Gasteiger partial charge in [0.2, 0.25) is 5.91 Å². The lowest BCUT2D eigenvalue weighted by molar-refractivity contribution is -0.130. The lowest BCUT2D eigenvalue weighted by Crippen LogP contribution is -2.29. The number of halogens is 1. The molecule has 1 aromatic heterocycles. The number of fused-ring (bicyclic) bond motifs is 1. The van der Waals surface area contributed by atoms with Crippen LogP contribution in [0.4, 0.5) is 0 Å². The highest BCUT2D eigenvalue weighted by molar-refractivity contribution is 6.30. The number of aryl methyl sites for hydroxylation is 2. The minimum absolute atomic E-state index is 0.0849. The first-order chi connectivity index (χ1) is 13.4. The molecule has 0 aliphatic heterocycles. The lowest BCUT2D eigenvalue weighted by Gasteiger charge is -2.19. The highest BCUT2D eigenvalue weighted by atomic mass is 35.5. The monoisotopic (exact) mass is 399 g/mol. The topological polar surface area (TPSA) is 64.4 Å². The van der Waals surface area contributed by atoms with E-state index in [1.54, 1.807) is 43.3 Å². The molecule has 0 spiro atoms. The zero-order valence-corrected chi connectivity index (χ0v) is 16.9. The van der Waals surface area contributed by atoms with E-state index in [1.165, 1.54) is 10.9 Å². The maximum atomic E-state index is 12.6. The van der Waals surface area contributed by atoms with Crippen LogP contribution in [0.2, 0.25) is 5.02 Å². The molecule has 0 aliphatic rings. The third-order valence-corrected chi connectivity index (χ3v) is 4.93. The molecule has 0 N–H and O–H groups in total. The minimum atomic E-state index is -0.138. The molecule has 0 bridgehead atoms. The number of ether oxygens (including phenoxy) is 1. The maximum Gasteiger partial charge on any atom is 0.261 e. The van der Waals surface area contributed by atoms with Gasteiger partial charge >= 0.3 is 0 Å². The predicted octanol–water partition coefficient (Wildman–Crippen LogP) is 3.42. The predicted molar refractivity (Wildman–Crippen MR) is 110 cm³/mol. The first-order valence-electron chi connectivity index (χ1n) is 8.92. The van der Waals surface area contributed by atoms with E-state index in [9.17, 15) is 9.59 Å². The van der Waals surface area contributed by atoms with Gasteiger partial charge in [-0.15, -0.1) is 0 Å². The molecule has 7 heteroatoms. The number of carbonyl (C=O) groups excluding carboxylic acids is 1. The van der Waals surface area contributed by atoms with Gasteiger partial charge in [-0.3, -0.25) is 14.2 Å². The van der Waals surface area contributed by atoms with Gasteiger partial charge in [0.05, 0.1) is 24.3 Å². The van der Waals surface area contributed by atoms with Gasteiger partial charge in [0.1, 0.15) is 5.75 Å². The number of aromatic nitrogens is 2. The van der Waals surface area contributed by atoms with E-state index in [1.807, 2.05) is 19.1 Å². The van der Waals surface area contributed by atoms with Crippen molar-refractivity contribution in [3.8, 4) is 5.75 Å². The largest absolute Gasteiger partial charge is 0.496 e. The van der Waals surface area contributed by atoms with Crippen LogP contribution in [0.15, 0.2) is 47.5 Å². The van der Waals surface area contributed by atoms with Crippen LogP contribution < -0.4 is 10.3 Å². The average Bonchev–Trinajstić information content (AvgIpc) is 2.68. The van der Waals surface area contributed by atoms with Crippen molar-refractivity contribution in [2.45, 2.75) is 26.4 Å². The highest BCUT2D eigenvalue weighted by Crippen LogP contribution is 2.24. The van der Waals surface area contributed by atoms with E-state index in [-0.39, 0.29) is 24.4 Å². The number of hydrogen-bond donors (Lipinski definition) is 0. The summed E-state index contributed by atoms with van der Waals surface area (Å²) in [5.41, 5.74) is 2.33. The Kier molecular flexibility index (Phi) is 5.99. The van der Waals surface area contributed by atoms with Crippen molar-refractivity contribution < 1.29 is 9.53 Å². The zero-order chi connectivity index (χ0) is 20.3. The number of rotatable bonds is 6. The second-order valence-electron chi connectivity index (χ2n) is 6.67. The summed E-state index contributed by atoms with van der Waals surface area (Å²) in [6.45, 7) is 2.56. The van der Waals surface area contributed by atoms with Crippen LogP contribution in [-0.2, 0) is 17.9 Å². The normalized spacial score (nSPS) is 10.9. The van der Waals surface area contributed by atoms with Crippen LogP contribution >= 0.6 is 11.6 Å². The zero-order valence-electron chi connectivity index (χ0n) is 16.1. The average molecular weight is 400 g/mol. The minimum Gasteiger partial charge on any atom is -0.496 e. The molecule has 0 fully saturated rings. The summed E-state index contributed by atoms with van der Waals surface area (Å²) in [5.74, 6) is 0.590. The molecule has 1 amide bonds. The standard InChI is InChI=1S/C21H22ClN3O3/c1-14-5-4-6-17-20(14)23-13-25(21(17)27)10-9-19(26)24(2)12-15-11-16(22)7-8-18(15)28-3/h4-8,11,13H,9-10,12H2,1-3H3. The molecular formula is C21H22ClN3O3. The van der Waals surface area contributed by atoms with E-state index < -0.39 is 0 Å². The summed E-state index contributed by atoms with van der Waals surface area (Å²) in [7, 11) is 3.29. The van der Waals surface area contributed by atoms with Gasteiger partial charge in [0.15, 0.2) is 0 Å². The summed E-state index contributed by atoms with van der Waals surface area (Å²) >= 11 is 6.05. The molecule has 3 rings (SSSR count). The number of carbonyl (C=O) groups is 1. The van der Waals surface area contributed by atoms with Crippen molar-refractivity contribution in [3.05, 3.63) is 69.2 Å². The van der Waals surface area contributed by atoms with Crippen LogP contribution in [0.25, 0.3) is 10.9 Å². The smallest absolute Gasteiger partial charge is 0.261 e. The first kappa shape index (κ1) is 19.9. The van der Waals surface area contributed by atoms with E-state index in [0.717, 1.165) is 11.1 Å². The molecule has 6 nitrogen and oxygen atoms in total. The van der Waals surface area contributed by atoms with Crippen LogP contribution in [0.1, 0.15) is 17.5 Å². The molecule has 3 aromatic rings. The fraction of sp³-hybridized carbons (Fsp3) is 0.286. The Labute approximate surface area is 168 Å². The summed E-state index contributed by atoms with van der Waals surface area (Å²) in [5, 5.41) is 1.15. The van der Waals surface area contributed by atoms with Crippen molar-refractivity contribution >= 4 is 28.4 Å². The van der Waals surface area contributed by atoms with E-state index in [4.69, 9.17) is 16.3 Å². The summed E-state index contributed by atoms with van der Waals surface area (Å²) in [4.78, 5) is 31.2. The molecule has 0 unspecified atom stereocenters. The molecule has 1 heterocycles. The Bertz CT molecular complexity index is 1080. The third kappa shape index (κ3) is 4.17. The SMILES string of the molecule is COc1ccc(Cl)cc1CN(C)C(=O)CCn1cnc2c(C)cccc2c1=O. The fourth-order valence-corrected chi connectivity index (χ4v) is 3.31. The Morgan fingerprint density at radius 1 is 1.29 bits per heavy atom.